The highest BCUT2D eigenvalue weighted by atomic mass is 16.3. The highest BCUT2D eigenvalue weighted by Crippen LogP contribution is 2.15. The van der Waals surface area contributed by atoms with Crippen LogP contribution in [0.3, 0.4) is 0 Å². The van der Waals surface area contributed by atoms with Gasteiger partial charge in [-0.2, -0.15) is 0 Å². The van der Waals surface area contributed by atoms with E-state index in [2.05, 4.69) is 10.3 Å². The van der Waals surface area contributed by atoms with Crippen molar-refractivity contribution in [3.63, 3.8) is 0 Å². The highest BCUT2D eigenvalue weighted by molar-refractivity contribution is 5.93. The molecule has 1 unspecified atom stereocenters. The van der Waals surface area contributed by atoms with Crippen molar-refractivity contribution in [1.29, 1.82) is 0 Å². The maximum absolute atomic E-state index is 12.3. The Morgan fingerprint density at radius 3 is 2.67 bits per heavy atom. The molecule has 0 radical (unpaired) electrons. The van der Waals surface area contributed by atoms with Crippen LogP contribution in [-0.4, -0.2) is 32.7 Å². The molecule has 112 valence electrons. The summed E-state index contributed by atoms with van der Waals surface area (Å²) in [5, 5.41) is 13.0. The van der Waals surface area contributed by atoms with Gasteiger partial charge in [0.15, 0.2) is 0 Å². The molecular formula is C16H21N3O2. The second-order valence-electron chi connectivity index (χ2n) is 5.68. The first-order valence-corrected chi connectivity index (χ1v) is 7.00. The van der Waals surface area contributed by atoms with Crippen LogP contribution < -0.4 is 5.32 Å². The molecule has 2 N–H and O–H groups in total. The normalized spacial score (nSPS) is 14.0. The molecule has 0 saturated heterocycles. The average Bonchev–Trinajstić information content (AvgIpc) is 2.95. The maximum atomic E-state index is 12.3. The van der Waals surface area contributed by atoms with Crippen LogP contribution in [0.15, 0.2) is 42.9 Å². The van der Waals surface area contributed by atoms with Crippen LogP contribution in [0, 0.1) is 5.92 Å². The van der Waals surface area contributed by atoms with Crippen molar-refractivity contribution in [1.82, 2.24) is 14.9 Å². The van der Waals surface area contributed by atoms with E-state index in [4.69, 9.17) is 0 Å². The molecule has 21 heavy (non-hydrogen) atoms. The molecule has 2 aromatic rings. The van der Waals surface area contributed by atoms with Crippen LogP contribution in [0.5, 0.6) is 0 Å². The van der Waals surface area contributed by atoms with Gasteiger partial charge in [0.25, 0.3) is 5.91 Å². The fourth-order valence-corrected chi connectivity index (χ4v) is 1.81. The molecule has 1 atom stereocenters. The van der Waals surface area contributed by atoms with Gasteiger partial charge in [-0.3, -0.25) is 9.36 Å². The summed E-state index contributed by atoms with van der Waals surface area (Å²) in [6.07, 6.45) is 3.12. The molecule has 2 rings (SSSR count). The van der Waals surface area contributed by atoms with Gasteiger partial charge in [0, 0.05) is 12.2 Å². The molecule has 1 heterocycles. The molecule has 0 aliphatic heterocycles. The van der Waals surface area contributed by atoms with E-state index >= 15 is 0 Å². The van der Waals surface area contributed by atoms with E-state index in [1.165, 1.54) is 6.20 Å². The topological polar surface area (TPSA) is 67.2 Å². The number of nitrogens with one attached hydrogen (secondary N) is 1. The molecule has 0 saturated carbocycles. The maximum Gasteiger partial charge on any atom is 0.270 e. The molecule has 5 nitrogen and oxygen atoms in total. The number of hydrogen-bond acceptors (Lipinski definition) is 3. The van der Waals surface area contributed by atoms with Gasteiger partial charge in [-0.15, -0.1) is 0 Å². The van der Waals surface area contributed by atoms with Crippen LogP contribution in [0.4, 0.5) is 0 Å². The van der Waals surface area contributed by atoms with Crippen molar-refractivity contribution in [3.8, 4) is 5.69 Å². The number of benzene rings is 1. The quantitative estimate of drug-likeness (QED) is 0.884. The molecule has 1 aromatic carbocycles. The lowest BCUT2D eigenvalue weighted by Gasteiger charge is -2.27. The molecular weight excluding hydrogens is 266 g/mol. The van der Waals surface area contributed by atoms with Gasteiger partial charge in [0.05, 0.1) is 18.1 Å². The third-order valence-electron chi connectivity index (χ3n) is 3.76. The number of carbonyl (C=O) groups excluding carboxylic acids is 1. The lowest BCUT2D eigenvalue weighted by atomic mass is 9.92. The number of imidazole rings is 1. The van der Waals surface area contributed by atoms with E-state index in [1.54, 1.807) is 17.8 Å². The number of nitrogens with zero attached hydrogens (tertiary/aromatic N) is 2. The molecule has 0 spiro atoms. The molecule has 0 aliphatic carbocycles. The lowest BCUT2D eigenvalue weighted by Crippen LogP contribution is -2.44. The smallest absolute Gasteiger partial charge is 0.270 e. The Balaban J connectivity index is 2.13. The third kappa shape index (κ3) is 3.49. The number of amides is 1. The number of para-hydroxylation sites is 1. The van der Waals surface area contributed by atoms with Gasteiger partial charge in [-0.05, 0) is 25.0 Å². The van der Waals surface area contributed by atoms with Gasteiger partial charge in [0.2, 0.25) is 0 Å². The van der Waals surface area contributed by atoms with E-state index in [-0.39, 0.29) is 18.4 Å². The molecule has 0 aliphatic rings. The number of carbonyl (C=O) groups is 1. The fraction of sp³-hybridized carbons (Fsp3) is 0.375. The lowest BCUT2D eigenvalue weighted by molar-refractivity contribution is 0.0141. The minimum absolute atomic E-state index is 0.0526. The first kappa shape index (κ1) is 15.3. The van der Waals surface area contributed by atoms with Crippen LogP contribution in [0.1, 0.15) is 31.3 Å². The second-order valence-corrected chi connectivity index (χ2v) is 5.68. The van der Waals surface area contributed by atoms with Crippen molar-refractivity contribution >= 4 is 5.91 Å². The predicted molar refractivity (Wildman–Crippen MR) is 81.4 cm³/mol. The number of hydrogen-bond donors (Lipinski definition) is 2. The van der Waals surface area contributed by atoms with Crippen molar-refractivity contribution in [2.45, 2.75) is 26.4 Å². The second kappa shape index (κ2) is 6.10. The number of aliphatic hydroxyl groups is 1. The van der Waals surface area contributed by atoms with E-state index in [9.17, 15) is 9.90 Å². The standard InChI is InChI=1S/C16H21N3O2/c1-12(2)16(3,21)10-18-15(20)14-9-17-11-19(14)13-7-5-4-6-8-13/h4-9,11-12,21H,10H2,1-3H3,(H,18,20). The van der Waals surface area contributed by atoms with Gasteiger partial charge < -0.3 is 10.4 Å². The Morgan fingerprint density at radius 1 is 1.38 bits per heavy atom. The summed E-state index contributed by atoms with van der Waals surface area (Å²) in [6.45, 7) is 5.75. The predicted octanol–water partition coefficient (Wildman–Crippen LogP) is 2.01. The van der Waals surface area contributed by atoms with Crippen LogP contribution in [0.2, 0.25) is 0 Å². The fourth-order valence-electron chi connectivity index (χ4n) is 1.81. The molecule has 0 bridgehead atoms. The Labute approximate surface area is 124 Å². The summed E-state index contributed by atoms with van der Waals surface area (Å²) < 4.78 is 1.72. The van der Waals surface area contributed by atoms with Gasteiger partial charge in [-0.25, -0.2) is 4.98 Å². The zero-order valence-electron chi connectivity index (χ0n) is 12.6. The average molecular weight is 287 g/mol. The first-order chi connectivity index (χ1) is 9.92. The largest absolute Gasteiger partial charge is 0.388 e. The summed E-state index contributed by atoms with van der Waals surface area (Å²) in [5.74, 6) is -0.200. The summed E-state index contributed by atoms with van der Waals surface area (Å²) in [5.41, 5.74) is 0.379. The molecule has 0 fully saturated rings. The molecule has 5 heteroatoms. The van der Waals surface area contributed by atoms with E-state index in [1.807, 2.05) is 44.2 Å². The minimum atomic E-state index is -0.937. The van der Waals surface area contributed by atoms with Gasteiger partial charge in [0.1, 0.15) is 5.69 Å². The van der Waals surface area contributed by atoms with E-state index < -0.39 is 5.60 Å². The first-order valence-electron chi connectivity index (χ1n) is 7.00. The monoisotopic (exact) mass is 287 g/mol. The van der Waals surface area contributed by atoms with Crippen molar-refractivity contribution in [2.75, 3.05) is 6.54 Å². The zero-order valence-corrected chi connectivity index (χ0v) is 12.6. The van der Waals surface area contributed by atoms with E-state index in [0.29, 0.717) is 5.69 Å². The molecule has 1 aromatic heterocycles. The Bertz CT molecular complexity index is 603. The van der Waals surface area contributed by atoms with Crippen LogP contribution in [-0.2, 0) is 0 Å². The van der Waals surface area contributed by atoms with Gasteiger partial charge >= 0.3 is 0 Å². The summed E-state index contributed by atoms with van der Waals surface area (Å²) in [7, 11) is 0. The Hall–Kier alpha value is -2.14. The Morgan fingerprint density at radius 2 is 2.05 bits per heavy atom. The van der Waals surface area contributed by atoms with Crippen LogP contribution in [0.25, 0.3) is 5.69 Å². The summed E-state index contributed by atoms with van der Waals surface area (Å²) >= 11 is 0. The Kier molecular flexibility index (Phi) is 4.43. The number of aromatic nitrogens is 2. The van der Waals surface area contributed by atoms with Crippen molar-refractivity contribution < 1.29 is 9.90 Å². The summed E-state index contributed by atoms with van der Waals surface area (Å²) in [4.78, 5) is 16.3. The van der Waals surface area contributed by atoms with Crippen molar-refractivity contribution in [3.05, 3.63) is 48.5 Å². The summed E-state index contributed by atoms with van der Waals surface area (Å²) in [6, 6.07) is 9.53. The van der Waals surface area contributed by atoms with Gasteiger partial charge in [-0.1, -0.05) is 32.0 Å². The zero-order chi connectivity index (χ0) is 15.5. The highest BCUT2D eigenvalue weighted by Gasteiger charge is 2.26. The minimum Gasteiger partial charge on any atom is -0.388 e. The molecule has 1 amide bonds. The number of rotatable bonds is 5. The van der Waals surface area contributed by atoms with Crippen molar-refractivity contribution in [2.24, 2.45) is 5.92 Å². The SMILES string of the molecule is CC(C)C(C)(O)CNC(=O)c1cncn1-c1ccccc1. The third-order valence-corrected chi connectivity index (χ3v) is 3.76. The van der Waals surface area contributed by atoms with E-state index in [0.717, 1.165) is 5.69 Å². The van der Waals surface area contributed by atoms with Crippen LogP contribution >= 0.6 is 0 Å².